The minimum absolute atomic E-state index is 0.338. The van der Waals surface area contributed by atoms with Crippen LogP contribution in [0.25, 0.3) is 11.0 Å². The van der Waals surface area contributed by atoms with E-state index in [1.165, 1.54) is 30.7 Å². The van der Waals surface area contributed by atoms with Gasteiger partial charge in [0.15, 0.2) is 0 Å². The Balaban J connectivity index is 1.76. The second kappa shape index (κ2) is 3.59. The molecule has 5 rings (SSSR count). The highest BCUT2D eigenvalue weighted by molar-refractivity contribution is 5.84. The molecular weight excluding hydrogens is 250 g/mol. The minimum atomic E-state index is 0.338. The number of benzene rings is 1. The molecule has 4 atom stereocenters. The van der Waals surface area contributed by atoms with Crippen LogP contribution < -0.4 is 0 Å². The molecule has 3 nitrogen and oxygen atoms in total. The summed E-state index contributed by atoms with van der Waals surface area (Å²) in [6, 6.07) is 6.78. The Labute approximate surface area is 118 Å². The molecule has 3 heterocycles. The third-order valence-corrected chi connectivity index (χ3v) is 5.73. The first kappa shape index (κ1) is 11.2. The topological polar surface area (TPSA) is 36.6 Å². The molecule has 0 radical (unpaired) electrons. The third kappa shape index (κ3) is 1.29. The maximum absolute atomic E-state index is 9.78. The lowest BCUT2D eigenvalue weighted by Crippen LogP contribution is -2.41. The fourth-order valence-electron chi connectivity index (χ4n) is 4.93. The van der Waals surface area contributed by atoms with Crippen LogP contribution in [0.2, 0.25) is 0 Å². The van der Waals surface area contributed by atoms with Crippen molar-refractivity contribution in [2.75, 3.05) is 6.54 Å². The zero-order valence-corrected chi connectivity index (χ0v) is 11.7. The van der Waals surface area contributed by atoms with E-state index >= 15 is 0 Å². The molecule has 1 N–H and O–H groups in total. The zero-order valence-electron chi connectivity index (χ0n) is 11.7. The summed E-state index contributed by atoms with van der Waals surface area (Å²) in [5, 5.41) is 10.9. The molecule has 104 valence electrons. The first-order chi connectivity index (χ1) is 9.70. The van der Waals surface area contributed by atoms with E-state index in [1.54, 1.807) is 6.07 Å². The normalized spacial score (nSPS) is 35.5. The molecule has 3 aliphatic rings. The van der Waals surface area contributed by atoms with Crippen LogP contribution in [0.1, 0.15) is 37.0 Å². The van der Waals surface area contributed by atoms with Crippen LogP contribution in [-0.2, 0) is 6.42 Å². The van der Waals surface area contributed by atoms with E-state index in [0.29, 0.717) is 23.8 Å². The fourth-order valence-corrected chi connectivity index (χ4v) is 4.93. The van der Waals surface area contributed by atoms with Gasteiger partial charge in [0, 0.05) is 35.5 Å². The predicted molar refractivity (Wildman–Crippen MR) is 77.0 cm³/mol. The van der Waals surface area contributed by atoms with Gasteiger partial charge in [0.25, 0.3) is 0 Å². The lowest BCUT2D eigenvalue weighted by molar-refractivity contribution is 0.145. The summed E-state index contributed by atoms with van der Waals surface area (Å²) < 4.78 is 6.22. The molecule has 1 aromatic carbocycles. The van der Waals surface area contributed by atoms with Crippen LogP contribution in [0, 0.1) is 5.92 Å². The summed E-state index contributed by atoms with van der Waals surface area (Å²) >= 11 is 0. The molecule has 0 spiro atoms. The lowest BCUT2D eigenvalue weighted by Gasteiger charge is -2.34. The van der Waals surface area contributed by atoms with Gasteiger partial charge in [-0.3, -0.25) is 4.90 Å². The van der Waals surface area contributed by atoms with Crippen molar-refractivity contribution < 1.29 is 9.52 Å². The van der Waals surface area contributed by atoms with Gasteiger partial charge in [0.1, 0.15) is 17.1 Å². The number of fused-ring (bicyclic) bond motifs is 5. The number of phenols is 1. The van der Waals surface area contributed by atoms with Gasteiger partial charge < -0.3 is 9.52 Å². The summed E-state index contributed by atoms with van der Waals surface area (Å²) in [4.78, 5) is 2.70. The molecule has 1 saturated heterocycles. The standard InChI is InChI=1S/C17H19NO2/c1-9-4-13-12-7-11(19)2-3-16(12)20-17(13)14-5-10-6-15(14)18(9)8-10/h2-3,7,9-10,14-15,19H,4-6,8H2,1H3/t9?,10-,14+,15-/m0/s1. The van der Waals surface area contributed by atoms with Crippen molar-refractivity contribution in [3.63, 3.8) is 0 Å². The van der Waals surface area contributed by atoms with E-state index in [0.717, 1.165) is 23.3 Å². The van der Waals surface area contributed by atoms with Crippen LogP contribution in [-0.4, -0.2) is 28.6 Å². The largest absolute Gasteiger partial charge is 0.508 e. The molecule has 2 aliphatic heterocycles. The van der Waals surface area contributed by atoms with E-state index in [9.17, 15) is 5.11 Å². The number of aromatic hydroxyl groups is 1. The van der Waals surface area contributed by atoms with Gasteiger partial charge in [-0.2, -0.15) is 0 Å². The van der Waals surface area contributed by atoms with Crippen molar-refractivity contribution in [1.82, 2.24) is 4.90 Å². The van der Waals surface area contributed by atoms with E-state index in [1.807, 2.05) is 12.1 Å². The number of phenolic OH excluding ortho intramolecular Hbond substituents is 1. The van der Waals surface area contributed by atoms with Crippen LogP contribution in [0.4, 0.5) is 0 Å². The van der Waals surface area contributed by atoms with Crippen molar-refractivity contribution >= 4 is 11.0 Å². The highest BCUT2D eigenvalue weighted by Gasteiger charge is 2.50. The Morgan fingerprint density at radius 3 is 3.05 bits per heavy atom. The van der Waals surface area contributed by atoms with Gasteiger partial charge in [-0.15, -0.1) is 0 Å². The second-order valence-electron chi connectivity index (χ2n) is 6.89. The number of nitrogens with zero attached hydrogens (tertiary/aromatic N) is 1. The lowest BCUT2D eigenvalue weighted by atomic mass is 9.94. The molecule has 2 fully saturated rings. The second-order valence-corrected chi connectivity index (χ2v) is 6.89. The third-order valence-electron chi connectivity index (χ3n) is 5.73. The first-order valence-corrected chi connectivity index (χ1v) is 7.70. The Bertz CT molecular complexity index is 704. The van der Waals surface area contributed by atoms with E-state index in [4.69, 9.17) is 4.42 Å². The van der Waals surface area contributed by atoms with Gasteiger partial charge in [-0.1, -0.05) is 0 Å². The van der Waals surface area contributed by atoms with Crippen molar-refractivity contribution in [3.05, 3.63) is 29.5 Å². The summed E-state index contributed by atoms with van der Waals surface area (Å²) in [5.74, 6) is 2.99. The van der Waals surface area contributed by atoms with Gasteiger partial charge in [0.2, 0.25) is 0 Å². The van der Waals surface area contributed by atoms with Crippen LogP contribution >= 0.6 is 0 Å². The van der Waals surface area contributed by atoms with Gasteiger partial charge in [0.05, 0.1) is 0 Å². The predicted octanol–water partition coefficient (Wildman–Crippen LogP) is 3.26. The summed E-state index contributed by atoms with van der Waals surface area (Å²) in [6.45, 7) is 3.62. The SMILES string of the molecule is CC1Cc2c(oc3ccc(O)cc23)[C@@H]2C[C@H]3C[C@@H]2N1C3. The molecule has 1 unspecified atom stereocenters. The van der Waals surface area contributed by atoms with Crippen molar-refractivity contribution in [1.29, 1.82) is 0 Å². The summed E-state index contributed by atoms with van der Waals surface area (Å²) in [6.07, 6.45) is 3.68. The van der Waals surface area contributed by atoms with Crippen molar-refractivity contribution in [2.45, 2.75) is 44.2 Å². The smallest absolute Gasteiger partial charge is 0.134 e. The molecule has 3 heteroatoms. The van der Waals surface area contributed by atoms with Crippen LogP contribution in [0.15, 0.2) is 22.6 Å². The van der Waals surface area contributed by atoms with Gasteiger partial charge >= 0.3 is 0 Å². The van der Waals surface area contributed by atoms with E-state index in [-0.39, 0.29) is 0 Å². The monoisotopic (exact) mass is 269 g/mol. The number of rotatable bonds is 0. The van der Waals surface area contributed by atoms with E-state index in [2.05, 4.69) is 11.8 Å². The number of piperidine rings is 1. The fraction of sp³-hybridized carbons (Fsp3) is 0.529. The zero-order chi connectivity index (χ0) is 13.4. The first-order valence-electron chi connectivity index (χ1n) is 7.70. The Morgan fingerprint density at radius 1 is 1.30 bits per heavy atom. The van der Waals surface area contributed by atoms with Crippen molar-refractivity contribution in [3.8, 4) is 5.75 Å². The van der Waals surface area contributed by atoms with Crippen LogP contribution in [0.3, 0.4) is 0 Å². The average molecular weight is 269 g/mol. The summed E-state index contributed by atoms with van der Waals surface area (Å²) in [7, 11) is 0. The Kier molecular flexibility index (Phi) is 2.01. The molecular formula is C17H19NO2. The number of furan rings is 1. The molecule has 2 aromatic rings. The Hall–Kier alpha value is -1.48. The highest BCUT2D eigenvalue weighted by Crippen LogP contribution is 2.52. The van der Waals surface area contributed by atoms with Crippen molar-refractivity contribution in [2.24, 2.45) is 5.92 Å². The van der Waals surface area contributed by atoms with Gasteiger partial charge in [-0.25, -0.2) is 0 Å². The molecule has 2 bridgehead atoms. The number of hydrogen-bond donors (Lipinski definition) is 1. The maximum atomic E-state index is 9.78. The maximum Gasteiger partial charge on any atom is 0.134 e. The molecule has 20 heavy (non-hydrogen) atoms. The molecule has 0 amide bonds. The molecule has 1 aliphatic carbocycles. The minimum Gasteiger partial charge on any atom is -0.508 e. The quantitative estimate of drug-likeness (QED) is 0.797. The molecule has 1 saturated carbocycles. The van der Waals surface area contributed by atoms with Gasteiger partial charge in [-0.05, 0) is 50.3 Å². The summed E-state index contributed by atoms with van der Waals surface area (Å²) in [5.41, 5.74) is 2.29. The van der Waals surface area contributed by atoms with E-state index < -0.39 is 0 Å². The highest BCUT2D eigenvalue weighted by atomic mass is 16.3. The Morgan fingerprint density at radius 2 is 2.20 bits per heavy atom. The number of hydrogen-bond acceptors (Lipinski definition) is 3. The molecule has 1 aromatic heterocycles. The van der Waals surface area contributed by atoms with Crippen LogP contribution in [0.5, 0.6) is 5.75 Å². The average Bonchev–Trinajstić information content (AvgIpc) is 3.09.